The van der Waals surface area contributed by atoms with E-state index in [0.717, 1.165) is 48.5 Å². The Morgan fingerprint density at radius 1 is 1.24 bits per heavy atom. The fraction of sp³-hybridized carbons (Fsp3) is 0.278. The Morgan fingerprint density at radius 2 is 2.08 bits per heavy atom. The lowest BCUT2D eigenvalue weighted by atomic mass is 10.1. The van der Waals surface area contributed by atoms with E-state index in [1.807, 2.05) is 6.07 Å². The summed E-state index contributed by atoms with van der Waals surface area (Å²) in [5.74, 6) is 0.718. The minimum absolute atomic E-state index is 0.461. The summed E-state index contributed by atoms with van der Waals surface area (Å²) in [4.78, 5) is 12.3. The number of nitrogens with zero attached hydrogens (tertiary/aromatic N) is 4. The number of hydrogen-bond donors (Lipinski definition) is 2. The Bertz CT molecular complexity index is 952. The fourth-order valence-electron chi connectivity index (χ4n) is 3.25. The quantitative estimate of drug-likeness (QED) is 0.690. The van der Waals surface area contributed by atoms with Crippen LogP contribution in [0, 0.1) is 6.57 Å². The number of rotatable bonds is 3. The number of halogens is 1. The number of fused-ring (bicyclic) bond motifs is 1. The van der Waals surface area contributed by atoms with Gasteiger partial charge >= 0.3 is 0 Å². The molecule has 25 heavy (non-hydrogen) atoms. The minimum Gasteiger partial charge on any atom is -0.338 e. The highest BCUT2D eigenvalue weighted by atomic mass is 35.5. The second-order valence-corrected chi connectivity index (χ2v) is 6.47. The molecule has 0 saturated carbocycles. The molecule has 1 saturated heterocycles. The van der Waals surface area contributed by atoms with Gasteiger partial charge in [0.05, 0.1) is 22.7 Å². The molecule has 0 atom stereocenters. The lowest BCUT2D eigenvalue weighted by Crippen LogP contribution is -2.29. The summed E-state index contributed by atoms with van der Waals surface area (Å²) in [6.07, 6.45) is 5.86. The molecule has 0 amide bonds. The van der Waals surface area contributed by atoms with Crippen molar-refractivity contribution in [3.8, 4) is 0 Å². The normalized spacial score (nSPS) is 15.2. The smallest absolute Gasteiger partial charge is 0.188 e. The topological polar surface area (TPSA) is 59.1 Å². The summed E-state index contributed by atoms with van der Waals surface area (Å²) in [6.45, 7) is 9.12. The molecule has 0 unspecified atom stereocenters. The first-order valence-electron chi connectivity index (χ1n) is 8.22. The van der Waals surface area contributed by atoms with Crippen molar-refractivity contribution < 1.29 is 0 Å². The monoisotopic (exact) mass is 352 g/mol. The molecule has 1 aromatic carbocycles. The van der Waals surface area contributed by atoms with Crippen molar-refractivity contribution in [3.63, 3.8) is 0 Å². The maximum Gasteiger partial charge on any atom is 0.188 e. The number of benzene rings is 1. The standard InChI is InChI=1S/C18H17ClN6/c1-20-12-2-3-16(15(19)10-12)24-17-14-6-9-25(18(14)23-11-22-17)13-4-7-21-8-5-13/h2-3,6,9-11,13,21H,4-5,7-8H2,(H,22,23,24). The molecule has 126 valence electrons. The van der Waals surface area contributed by atoms with Crippen LogP contribution in [0.2, 0.25) is 5.02 Å². The van der Waals surface area contributed by atoms with Gasteiger partial charge in [-0.1, -0.05) is 17.7 Å². The molecule has 3 heterocycles. The minimum atomic E-state index is 0.461. The summed E-state index contributed by atoms with van der Waals surface area (Å²) in [5.41, 5.74) is 2.17. The highest BCUT2D eigenvalue weighted by Crippen LogP contribution is 2.32. The van der Waals surface area contributed by atoms with Gasteiger partial charge in [0.25, 0.3) is 0 Å². The average Bonchev–Trinajstić information content (AvgIpc) is 3.09. The SMILES string of the molecule is [C-]#[N+]c1ccc(Nc2ncnc3c2ccn3C2CCNCC2)c(Cl)c1. The van der Waals surface area contributed by atoms with Crippen LogP contribution in [0.3, 0.4) is 0 Å². The number of piperidine rings is 1. The number of aromatic nitrogens is 3. The molecule has 1 aliphatic heterocycles. The van der Waals surface area contributed by atoms with E-state index in [0.29, 0.717) is 16.8 Å². The molecule has 3 aromatic rings. The van der Waals surface area contributed by atoms with Crippen molar-refractivity contribution in [2.24, 2.45) is 0 Å². The Hall–Kier alpha value is -2.62. The van der Waals surface area contributed by atoms with Crippen LogP contribution in [0.25, 0.3) is 15.9 Å². The van der Waals surface area contributed by atoms with E-state index in [1.165, 1.54) is 0 Å². The Balaban J connectivity index is 1.69. The zero-order valence-electron chi connectivity index (χ0n) is 13.5. The molecule has 7 heteroatoms. The first kappa shape index (κ1) is 15.9. The molecular weight excluding hydrogens is 336 g/mol. The Morgan fingerprint density at radius 3 is 2.84 bits per heavy atom. The van der Waals surface area contributed by atoms with Crippen molar-refractivity contribution in [1.29, 1.82) is 0 Å². The van der Waals surface area contributed by atoms with Crippen molar-refractivity contribution in [3.05, 3.63) is 53.2 Å². The van der Waals surface area contributed by atoms with Crippen LogP contribution in [-0.4, -0.2) is 27.6 Å². The van der Waals surface area contributed by atoms with Crippen LogP contribution in [-0.2, 0) is 0 Å². The van der Waals surface area contributed by atoms with Crippen LogP contribution in [0.1, 0.15) is 18.9 Å². The third-order valence-corrected chi connectivity index (χ3v) is 4.86. The molecule has 4 rings (SSSR count). The van der Waals surface area contributed by atoms with E-state index in [2.05, 4.69) is 36.2 Å². The highest BCUT2D eigenvalue weighted by Gasteiger charge is 2.18. The molecule has 2 aromatic heterocycles. The summed E-state index contributed by atoms with van der Waals surface area (Å²) < 4.78 is 2.24. The van der Waals surface area contributed by atoms with Crippen LogP contribution in [0.5, 0.6) is 0 Å². The van der Waals surface area contributed by atoms with E-state index < -0.39 is 0 Å². The predicted molar refractivity (Wildman–Crippen MR) is 99.7 cm³/mol. The highest BCUT2D eigenvalue weighted by molar-refractivity contribution is 6.33. The summed E-state index contributed by atoms with van der Waals surface area (Å²) in [6, 6.07) is 7.69. The molecule has 0 bridgehead atoms. The second kappa shape index (κ2) is 6.71. The molecule has 1 fully saturated rings. The molecular formula is C18H17ClN6. The van der Waals surface area contributed by atoms with Crippen LogP contribution < -0.4 is 10.6 Å². The van der Waals surface area contributed by atoms with Crippen molar-refractivity contribution in [2.75, 3.05) is 18.4 Å². The number of hydrogen-bond acceptors (Lipinski definition) is 4. The van der Waals surface area contributed by atoms with Crippen LogP contribution >= 0.6 is 11.6 Å². The summed E-state index contributed by atoms with van der Waals surface area (Å²) >= 11 is 6.27. The third kappa shape index (κ3) is 3.04. The predicted octanol–water partition coefficient (Wildman–Crippen LogP) is 4.30. The molecule has 0 spiro atoms. The second-order valence-electron chi connectivity index (χ2n) is 6.06. The summed E-state index contributed by atoms with van der Waals surface area (Å²) in [7, 11) is 0. The van der Waals surface area contributed by atoms with Gasteiger partial charge in [0.2, 0.25) is 0 Å². The van der Waals surface area contributed by atoms with Gasteiger partial charge in [0.15, 0.2) is 5.69 Å². The van der Waals surface area contributed by atoms with Gasteiger partial charge < -0.3 is 15.2 Å². The van der Waals surface area contributed by atoms with E-state index in [4.69, 9.17) is 18.2 Å². The largest absolute Gasteiger partial charge is 0.338 e. The van der Waals surface area contributed by atoms with Gasteiger partial charge in [-0.25, -0.2) is 14.8 Å². The van der Waals surface area contributed by atoms with E-state index in [-0.39, 0.29) is 0 Å². The van der Waals surface area contributed by atoms with E-state index >= 15 is 0 Å². The van der Waals surface area contributed by atoms with E-state index in [1.54, 1.807) is 24.5 Å². The lowest BCUT2D eigenvalue weighted by Gasteiger charge is -2.24. The first-order valence-corrected chi connectivity index (χ1v) is 8.60. The van der Waals surface area contributed by atoms with Gasteiger partial charge in [0, 0.05) is 12.2 Å². The summed E-state index contributed by atoms with van der Waals surface area (Å²) in [5, 5.41) is 8.12. The average molecular weight is 353 g/mol. The van der Waals surface area contributed by atoms with Gasteiger partial charge in [-0.2, -0.15) is 0 Å². The number of anilines is 2. The number of nitrogens with one attached hydrogen (secondary N) is 2. The van der Waals surface area contributed by atoms with Gasteiger partial charge in [-0.05, 0) is 44.1 Å². The zero-order valence-corrected chi connectivity index (χ0v) is 14.3. The van der Waals surface area contributed by atoms with Crippen molar-refractivity contribution in [2.45, 2.75) is 18.9 Å². The zero-order chi connectivity index (χ0) is 17.2. The van der Waals surface area contributed by atoms with Crippen LogP contribution in [0.4, 0.5) is 17.2 Å². The van der Waals surface area contributed by atoms with E-state index in [9.17, 15) is 0 Å². The van der Waals surface area contributed by atoms with Gasteiger partial charge in [-0.15, -0.1) is 0 Å². The molecule has 1 aliphatic rings. The molecule has 6 nitrogen and oxygen atoms in total. The maximum absolute atomic E-state index is 7.06. The Labute approximate surface area is 150 Å². The lowest BCUT2D eigenvalue weighted by molar-refractivity contribution is 0.375. The Kier molecular flexibility index (Phi) is 4.26. The van der Waals surface area contributed by atoms with Gasteiger partial charge in [0.1, 0.15) is 17.8 Å². The molecule has 2 N–H and O–H groups in total. The van der Waals surface area contributed by atoms with Crippen molar-refractivity contribution in [1.82, 2.24) is 19.9 Å². The molecule has 0 aliphatic carbocycles. The van der Waals surface area contributed by atoms with Crippen LogP contribution in [0.15, 0.2) is 36.8 Å². The molecule has 0 radical (unpaired) electrons. The van der Waals surface area contributed by atoms with Crippen molar-refractivity contribution >= 4 is 39.8 Å². The fourth-order valence-corrected chi connectivity index (χ4v) is 3.47. The third-order valence-electron chi connectivity index (χ3n) is 4.55. The first-order chi connectivity index (χ1) is 12.3. The van der Waals surface area contributed by atoms with Gasteiger partial charge in [-0.3, -0.25) is 0 Å². The maximum atomic E-state index is 7.06.